The highest BCUT2D eigenvalue weighted by atomic mass is 32.2. The lowest BCUT2D eigenvalue weighted by molar-refractivity contribution is -0.134. The van der Waals surface area contributed by atoms with Gasteiger partial charge in [-0.3, -0.25) is 4.79 Å². The van der Waals surface area contributed by atoms with Crippen LogP contribution in [0.4, 0.5) is 0 Å². The van der Waals surface area contributed by atoms with Crippen LogP contribution in [-0.4, -0.2) is 41.8 Å². The summed E-state index contributed by atoms with van der Waals surface area (Å²) in [5.41, 5.74) is 7.55. The zero-order chi connectivity index (χ0) is 17.7. The van der Waals surface area contributed by atoms with Crippen molar-refractivity contribution in [1.29, 1.82) is 0 Å². The number of hydrogen-bond acceptors (Lipinski definition) is 4. The summed E-state index contributed by atoms with van der Waals surface area (Å²) in [6.45, 7) is 8.06. The summed E-state index contributed by atoms with van der Waals surface area (Å²) in [6, 6.07) is 7.56. The number of piperidine rings is 1. The van der Waals surface area contributed by atoms with Crippen molar-refractivity contribution in [3.8, 4) is 5.75 Å². The van der Waals surface area contributed by atoms with Gasteiger partial charge in [0.15, 0.2) is 0 Å². The quantitative estimate of drug-likeness (QED) is 0.855. The molecule has 1 saturated heterocycles. The summed E-state index contributed by atoms with van der Waals surface area (Å²) in [7, 11) is 1.67. The van der Waals surface area contributed by atoms with Crippen molar-refractivity contribution in [3.05, 3.63) is 29.8 Å². The molecule has 0 bridgehead atoms. The molecule has 0 aromatic heterocycles. The average Bonchev–Trinajstić information content (AvgIpc) is 2.60. The fraction of sp³-hybridized carbons (Fsp3) is 0.632. The first kappa shape index (κ1) is 19.1. The van der Waals surface area contributed by atoms with Gasteiger partial charge < -0.3 is 15.4 Å². The second-order valence-corrected chi connectivity index (χ2v) is 8.86. The lowest BCUT2D eigenvalue weighted by Gasteiger charge is -2.37. The first-order valence-electron chi connectivity index (χ1n) is 8.64. The number of carbonyl (C=O) groups is 1. The Morgan fingerprint density at radius 1 is 1.33 bits per heavy atom. The van der Waals surface area contributed by atoms with E-state index in [9.17, 15) is 4.79 Å². The Balaban J connectivity index is 1.91. The molecule has 2 rings (SSSR count). The molecule has 4 nitrogen and oxygen atoms in total. The van der Waals surface area contributed by atoms with Gasteiger partial charge in [-0.15, -0.1) is 11.8 Å². The van der Waals surface area contributed by atoms with Gasteiger partial charge in [-0.25, -0.2) is 0 Å². The molecule has 1 unspecified atom stereocenters. The number of nitrogens with two attached hydrogens (primary N) is 1. The van der Waals surface area contributed by atoms with E-state index in [-0.39, 0.29) is 10.7 Å². The molecule has 0 spiro atoms. The number of methoxy groups -OCH3 is 1. The predicted molar refractivity (Wildman–Crippen MR) is 101 cm³/mol. The number of hydrogen-bond donors (Lipinski definition) is 1. The molecule has 1 heterocycles. The number of nitrogens with zero attached hydrogens (tertiary/aromatic N) is 1. The van der Waals surface area contributed by atoms with E-state index in [0.29, 0.717) is 5.92 Å². The van der Waals surface area contributed by atoms with Gasteiger partial charge in [0.1, 0.15) is 5.75 Å². The van der Waals surface area contributed by atoms with Gasteiger partial charge >= 0.3 is 0 Å². The second kappa shape index (κ2) is 8.26. The van der Waals surface area contributed by atoms with Gasteiger partial charge in [0.05, 0.1) is 13.2 Å². The third-order valence-electron chi connectivity index (χ3n) is 4.88. The molecular weight excluding hydrogens is 320 g/mol. The summed E-state index contributed by atoms with van der Waals surface area (Å²) >= 11 is 1.73. The van der Waals surface area contributed by atoms with Crippen LogP contribution >= 0.6 is 11.8 Å². The van der Waals surface area contributed by atoms with Gasteiger partial charge in [-0.1, -0.05) is 19.1 Å². The largest absolute Gasteiger partial charge is 0.497 e. The zero-order valence-electron chi connectivity index (χ0n) is 15.2. The number of amides is 1. The minimum atomic E-state index is -0.478. The molecule has 24 heavy (non-hydrogen) atoms. The second-order valence-electron chi connectivity index (χ2n) is 7.23. The number of rotatable bonds is 6. The Kier molecular flexibility index (Phi) is 6.58. The molecule has 0 aliphatic carbocycles. The smallest absolute Gasteiger partial charge is 0.240 e. The molecule has 1 aliphatic rings. The van der Waals surface area contributed by atoms with E-state index in [1.54, 1.807) is 18.9 Å². The Morgan fingerprint density at radius 3 is 2.46 bits per heavy atom. The lowest BCUT2D eigenvalue weighted by atomic mass is 9.96. The van der Waals surface area contributed by atoms with Crippen molar-refractivity contribution >= 4 is 17.7 Å². The highest BCUT2D eigenvalue weighted by molar-refractivity contribution is 7.99. The van der Waals surface area contributed by atoms with Crippen LogP contribution < -0.4 is 10.5 Å². The van der Waals surface area contributed by atoms with Crippen LogP contribution in [0.2, 0.25) is 0 Å². The van der Waals surface area contributed by atoms with E-state index >= 15 is 0 Å². The third kappa shape index (κ3) is 4.90. The average molecular weight is 351 g/mol. The number of benzene rings is 1. The van der Waals surface area contributed by atoms with Crippen LogP contribution in [0.5, 0.6) is 5.75 Å². The minimum absolute atomic E-state index is 0.0918. The van der Waals surface area contributed by atoms with Crippen LogP contribution in [-0.2, 0) is 10.5 Å². The summed E-state index contributed by atoms with van der Waals surface area (Å²) in [6.07, 6.45) is 2.16. The highest BCUT2D eigenvalue weighted by Gasteiger charge is 2.36. The van der Waals surface area contributed by atoms with Crippen molar-refractivity contribution in [2.24, 2.45) is 11.7 Å². The molecule has 1 aromatic carbocycles. The van der Waals surface area contributed by atoms with Crippen LogP contribution in [0.1, 0.15) is 39.2 Å². The summed E-state index contributed by atoms with van der Waals surface area (Å²) in [5, 5.41) is 0. The zero-order valence-corrected chi connectivity index (χ0v) is 16.1. The molecule has 1 atom stereocenters. The molecule has 0 saturated carbocycles. The first-order valence-corrected chi connectivity index (χ1v) is 9.63. The van der Waals surface area contributed by atoms with Gasteiger partial charge in [0.25, 0.3) is 0 Å². The van der Waals surface area contributed by atoms with Gasteiger partial charge in [0.2, 0.25) is 5.91 Å². The summed E-state index contributed by atoms with van der Waals surface area (Å²) in [5.74, 6) is 2.49. The fourth-order valence-electron chi connectivity index (χ4n) is 2.80. The normalized spacial score (nSPS) is 17.6. The number of thioether (sulfide) groups is 1. The first-order chi connectivity index (χ1) is 11.3. The van der Waals surface area contributed by atoms with E-state index < -0.39 is 6.04 Å². The van der Waals surface area contributed by atoms with Gasteiger partial charge in [-0.05, 0) is 50.3 Å². The van der Waals surface area contributed by atoms with Crippen molar-refractivity contribution in [1.82, 2.24) is 4.90 Å². The van der Waals surface area contributed by atoms with Crippen molar-refractivity contribution < 1.29 is 9.53 Å². The van der Waals surface area contributed by atoms with E-state index in [1.165, 1.54) is 5.56 Å². The predicted octanol–water partition coefficient (Wildman–Crippen LogP) is 3.29. The summed E-state index contributed by atoms with van der Waals surface area (Å²) in [4.78, 5) is 14.7. The van der Waals surface area contributed by atoms with E-state index in [4.69, 9.17) is 10.5 Å². The molecule has 2 N–H and O–H groups in total. The SMILES string of the molecule is COc1ccc(CSC(C)(C)C(N)C(=O)N2CCC(C)CC2)cc1. The molecule has 134 valence electrons. The molecular formula is C19H30N2O2S. The minimum Gasteiger partial charge on any atom is -0.497 e. The number of carbonyl (C=O) groups excluding carboxylic acids is 1. The van der Waals surface area contributed by atoms with Crippen molar-refractivity contribution in [2.45, 2.75) is 50.2 Å². The Bertz CT molecular complexity index is 537. The Morgan fingerprint density at radius 2 is 1.92 bits per heavy atom. The molecule has 1 fully saturated rings. The van der Waals surface area contributed by atoms with Crippen LogP contribution in [0.3, 0.4) is 0 Å². The van der Waals surface area contributed by atoms with Crippen LogP contribution in [0.25, 0.3) is 0 Å². The summed E-state index contributed by atoms with van der Waals surface area (Å²) < 4.78 is 4.88. The van der Waals surface area contributed by atoms with E-state index in [1.807, 2.05) is 17.0 Å². The molecule has 1 aromatic rings. The van der Waals surface area contributed by atoms with Crippen molar-refractivity contribution in [3.63, 3.8) is 0 Å². The number of ether oxygens (including phenoxy) is 1. The standard InChI is InChI=1S/C19H30N2O2S/c1-14-9-11-21(12-10-14)18(22)17(20)19(2,3)24-13-15-5-7-16(23-4)8-6-15/h5-8,14,17H,9-13,20H2,1-4H3. The van der Waals surface area contributed by atoms with Gasteiger partial charge in [-0.2, -0.15) is 0 Å². The molecule has 1 aliphatic heterocycles. The Labute approximate surface area is 150 Å². The monoisotopic (exact) mass is 350 g/mol. The van der Waals surface area contributed by atoms with Crippen LogP contribution in [0.15, 0.2) is 24.3 Å². The molecule has 0 radical (unpaired) electrons. The topological polar surface area (TPSA) is 55.6 Å². The van der Waals surface area contributed by atoms with E-state index in [0.717, 1.165) is 37.4 Å². The lowest BCUT2D eigenvalue weighted by Crippen LogP contribution is -2.54. The molecule has 1 amide bonds. The Hall–Kier alpha value is -1.20. The number of likely N-dealkylation sites (tertiary alicyclic amines) is 1. The maximum Gasteiger partial charge on any atom is 0.240 e. The maximum atomic E-state index is 12.7. The van der Waals surface area contributed by atoms with Crippen molar-refractivity contribution in [2.75, 3.05) is 20.2 Å². The van der Waals surface area contributed by atoms with Gasteiger partial charge in [0, 0.05) is 23.6 Å². The maximum absolute atomic E-state index is 12.7. The van der Waals surface area contributed by atoms with Crippen LogP contribution in [0, 0.1) is 5.92 Å². The highest BCUT2D eigenvalue weighted by Crippen LogP contribution is 2.32. The third-order valence-corrected chi connectivity index (χ3v) is 6.36. The van der Waals surface area contributed by atoms with E-state index in [2.05, 4.69) is 32.9 Å². The fourth-order valence-corrected chi connectivity index (χ4v) is 3.82. The molecule has 5 heteroatoms.